The van der Waals surface area contributed by atoms with Gasteiger partial charge in [0.2, 0.25) is 15.9 Å². The molecule has 0 bridgehead atoms. The molecule has 2 aliphatic rings. The molecule has 3 N–H and O–H groups in total. The van der Waals surface area contributed by atoms with Crippen molar-refractivity contribution in [3.05, 3.63) is 60.2 Å². The van der Waals surface area contributed by atoms with Crippen LogP contribution in [0.4, 0.5) is 10.5 Å². The van der Waals surface area contributed by atoms with Crippen LogP contribution < -0.4 is 10.6 Å². The molecule has 0 aromatic heterocycles. The highest BCUT2D eigenvalue weighted by Gasteiger charge is 2.44. The zero-order valence-corrected chi connectivity index (χ0v) is 26.7. The number of aliphatic hydroxyl groups excluding tert-OH is 1. The number of sulfonamides is 1. The standard InChI is InChI=1S/C32H42N4O8S/c1-22(37)34-24-10-12-25(13-11-24)45(40,41)36(21-32(2,3)15-7-16-33)19-28(38)27(18-23-8-5-4-6-9-23)35-31(39)44-29-20-43-30-26(29)14-17-42-30/h4-6,8-13,26-30,38H,7,14-15,17-21H2,1-3H3,(H,34,37)(H,35,39). The zero-order valence-electron chi connectivity index (χ0n) is 25.8. The van der Waals surface area contributed by atoms with Gasteiger partial charge in [-0.1, -0.05) is 44.2 Å². The van der Waals surface area contributed by atoms with Gasteiger partial charge in [-0.15, -0.1) is 0 Å². The van der Waals surface area contributed by atoms with E-state index in [1.54, 1.807) is 0 Å². The lowest BCUT2D eigenvalue weighted by molar-refractivity contribution is -0.114. The fourth-order valence-electron chi connectivity index (χ4n) is 5.62. The summed E-state index contributed by atoms with van der Waals surface area (Å²) < 4.78 is 46.0. The van der Waals surface area contributed by atoms with Crippen molar-refractivity contribution < 1.29 is 37.3 Å². The Balaban J connectivity index is 1.57. The van der Waals surface area contributed by atoms with Gasteiger partial charge in [-0.25, -0.2) is 13.2 Å². The largest absolute Gasteiger partial charge is 0.443 e. The number of nitrogens with zero attached hydrogens (tertiary/aromatic N) is 2. The molecule has 0 spiro atoms. The Hall–Kier alpha value is -3.54. The first-order valence-electron chi connectivity index (χ1n) is 15.0. The van der Waals surface area contributed by atoms with E-state index in [-0.39, 0.29) is 49.3 Å². The molecule has 2 fully saturated rings. The number of hydrogen-bond acceptors (Lipinski definition) is 9. The second kappa shape index (κ2) is 15.2. The van der Waals surface area contributed by atoms with Crippen LogP contribution in [0.3, 0.4) is 0 Å². The normalized spacial score (nSPS) is 21.0. The summed E-state index contributed by atoms with van der Waals surface area (Å²) in [7, 11) is -4.16. The van der Waals surface area contributed by atoms with Gasteiger partial charge in [0.15, 0.2) is 6.29 Å². The summed E-state index contributed by atoms with van der Waals surface area (Å²) in [6, 6.07) is 16.2. The number of nitriles is 1. The van der Waals surface area contributed by atoms with E-state index >= 15 is 0 Å². The SMILES string of the molecule is CC(=O)Nc1ccc(S(=O)(=O)N(CC(O)C(Cc2ccccc2)NC(=O)OC2COC3OCCC23)CC(C)(C)CCC#N)cc1. The van der Waals surface area contributed by atoms with Crippen LogP contribution in [-0.2, 0) is 35.4 Å². The number of carbonyl (C=O) groups is 2. The van der Waals surface area contributed by atoms with Gasteiger partial charge in [0.05, 0.1) is 42.2 Å². The molecule has 244 valence electrons. The van der Waals surface area contributed by atoms with Crippen LogP contribution in [0, 0.1) is 22.7 Å². The predicted octanol–water partition coefficient (Wildman–Crippen LogP) is 3.43. The van der Waals surface area contributed by atoms with Gasteiger partial charge in [0.1, 0.15) is 6.10 Å². The third-order valence-corrected chi connectivity index (χ3v) is 9.86. The maximum absolute atomic E-state index is 14.0. The number of carbonyl (C=O) groups excluding carboxylic acids is 2. The molecule has 2 saturated heterocycles. The van der Waals surface area contributed by atoms with Crippen LogP contribution in [-0.4, -0.2) is 80.7 Å². The van der Waals surface area contributed by atoms with E-state index in [4.69, 9.17) is 19.5 Å². The Morgan fingerprint density at radius 2 is 1.87 bits per heavy atom. The summed E-state index contributed by atoms with van der Waals surface area (Å²) in [6.07, 6.45) is -1.39. The molecule has 4 rings (SSSR count). The van der Waals surface area contributed by atoms with Crippen molar-refractivity contribution in [2.45, 2.75) is 75.9 Å². The molecule has 2 aliphatic heterocycles. The Kier molecular flexibility index (Phi) is 11.6. The minimum atomic E-state index is -4.16. The zero-order chi connectivity index (χ0) is 32.6. The van der Waals surface area contributed by atoms with Crippen LogP contribution in [0.15, 0.2) is 59.5 Å². The van der Waals surface area contributed by atoms with E-state index < -0.39 is 46.1 Å². The predicted molar refractivity (Wildman–Crippen MR) is 165 cm³/mol. The van der Waals surface area contributed by atoms with Gasteiger partial charge in [0.25, 0.3) is 0 Å². The summed E-state index contributed by atoms with van der Waals surface area (Å²) in [6.45, 7) is 5.48. The molecule has 2 amide bonds. The number of rotatable bonds is 14. The van der Waals surface area contributed by atoms with Gasteiger partial charge in [0, 0.05) is 32.1 Å². The van der Waals surface area contributed by atoms with Gasteiger partial charge >= 0.3 is 6.09 Å². The van der Waals surface area contributed by atoms with Crippen LogP contribution >= 0.6 is 0 Å². The monoisotopic (exact) mass is 642 g/mol. The summed E-state index contributed by atoms with van der Waals surface area (Å²) in [5.74, 6) is -0.358. The molecule has 5 atom stereocenters. The number of amides is 2. The summed E-state index contributed by atoms with van der Waals surface area (Å²) in [4.78, 5) is 24.5. The van der Waals surface area contributed by atoms with E-state index in [0.717, 1.165) is 5.56 Å². The minimum Gasteiger partial charge on any atom is -0.443 e. The quantitative estimate of drug-likeness (QED) is 0.280. The fourth-order valence-corrected chi connectivity index (χ4v) is 7.27. The number of hydrogen-bond donors (Lipinski definition) is 3. The topological polar surface area (TPSA) is 167 Å². The van der Waals surface area contributed by atoms with Crippen molar-refractivity contribution in [3.8, 4) is 6.07 Å². The molecule has 2 aromatic rings. The lowest BCUT2D eigenvalue weighted by Gasteiger charge is -2.35. The van der Waals surface area contributed by atoms with Gasteiger partial charge in [-0.3, -0.25) is 4.79 Å². The molecule has 45 heavy (non-hydrogen) atoms. The van der Waals surface area contributed by atoms with Crippen molar-refractivity contribution in [1.29, 1.82) is 5.26 Å². The van der Waals surface area contributed by atoms with Crippen molar-refractivity contribution in [2.75, 3.05) is 31.6 Å². The number of benzene rings is 2. The van der Waals surface area contributed by atoms with Gasteiger partial charge in [-0.05, 0) is 54.5 Å². The Labute approximate surface area is 264 Å². The second-order valence-electron chi connectivity index (χ2n) is 12.3. The summed E-state index contributed by atoms with van der Waals surface area (Å²) in [5.41, 5.74) is 0.659. The molecular weight excluding hydrogens is 600 g/mol. The van der Waals surface area contributed by atoms with Crippen molar-refractivity contribution >= 4 is 27.7 Å². The Morgan fingerprint density at radius 1 is 1.16 bits per heavy atom. The van der Waals surface area contributed by atoms with E-state index in [1.807, 2.05) is 44.2 Å². The molecule has 2 heterocycles. The smallest absolute Gasteiger partial charge is 0.407 e. The maximum atomic E-state index is 14.0. The first-order chi connectivity index (χ1) is 21.4. The van der Waals surface area contributed by atoms with E-state index in [2.05, 4.69) is 16.7 Å². The molecule has 0 aliphatic carbocycles. The first kappa shape index (κ1) is 34.3. The number of aliphatic hydroxyl groups is 1. The number of ether oxygens (including phenoxy) is 3. The summed E-state index contributed by atoms with van der Waals surface area (Å²) in [5, 5.41) is 26.2. The van der Waals surface area contributed by atoms with Crippen molar-refractivity contribution in [2.24, 2.45) is 11.3 Å². The average molecular weight is 643 g/mol. The number of fused-ring (bicyclic) bond motifs is 1. The third-order valence-electron chi connectivity index (χ3n) is 8.03. The molecule has 2 aromatic carbocycles. The molecular formula is C32H42N4O8S. The first-order valence-corrected chi connectivity index (χ1v) is 16.5. The third kappa shape index (κ3) is 9.48. The average Bonchev–Trinajstić information content (AvgIpc) is 3.61. The minimum absolute atomic E-state index is 0.00645. The van der Waals surface area contributed by atoms with Crippen LogP contribution in [0.5, 0.6) is 0 Å². The highest BCUT2D eigenvalue weighted by Crippen LogP contribution is 2.33. The van der Waals surface area contributed by atoms with Crippen LogP contribution in [0.25, 0.3) is 0 Å². The highest BCUT2D eigenvalue weighted by molar-refractivity contribution is 7.89. The molecule has 0 radical (unpaired) electrons. The van der Waals surface area contributed by atoms with Crippen LogP contribution in [0.2, 0.25) is 0 Å². The van der Waals surface area contributed by atoms with Gasteiger partial charge in [-0.2, -0.15) is 9.57 Å². The van der Waals surface area contributed by atoms with Crippen LogP contribution in [0.1, 0.15) is 45.6 Å². The lowest BCUT2D eigenvalue weighted by atomic mass is 9.88. The number of anilines is 1. The molecule has 12 nitrogen and oxygen atoms in total. The maximum Gasteiger partial charge on any atom is 0.407 e. The van der Waals surface area contributed by atoms with Gasteiger partial charge < -0.3 is 30.0 Å². The molecule has 13 heteroatoms. The number of alkyl carbamates (subject to hydrolysis) is 1. The second-order valence-corrected chi connectivity index (χ2v) is 14.2. The Morgan fingerprint density at radius 3 is 2.53 bits per heavy atom. The number of nitrogens with one attached hydrogen (secondary N) is 2. The summed E-state index contributed by atoms with van der Waals surface area (Å²) >= 11 is 0. The van der Waals surface area contributed by atoms with Crippen molar-refractivity contribution in [1.82, 2.24) is 9.62 Å². The molecule has 5 unspecified atom stereocenters. The van der Waals surface area contributed by atoms with E-state index in [0.29, 0.717) is 25.1 Å². The fraction of sp³-hybridized carbons (Fsp3) is 0.531. The Bertz CT molecular complexity index is 1450. The van der Waals surface area contributed by atoms with Crippen molar-refractivity contribution in [3.63, 3.8) is 0 Å². The van der Waals surface area contributed by atoms with E-state index in [9.17, 15) is 23.1 Å². The molecule has 0 saturated carbocycles. The highest BCUT2D eigenvalue weighted by atomic mass is 32.2. The van der Waals surface area contributed by atoms with E-state index in [1.165, 1.54) is 35.5 Å². The lowest BCUT2D eigenvalue weighted by Crippen LogP contribution is -2.52.